The number of nitrogens with zero attached hydrogens (tertiary/aromatic N) is 1. The number of carboxylic acid groups (broad SMARTS) is 1. The van der Waals surface area contributed by atoms with E-state index in [-0.39, 0.29) is 12.3 Å². The standard InChI is InChI=1S/C27H34N2O4S/c1-2-3-5-12-24(30)29(34)27(17-8-9-18-27)26(33)28-23(25(31)32)19-20-13-15-22(16-14-20)21-10-6-4-7-11-21/h4,6-7,10-11,13-16,23,34H,2-3,5,8-9,12,17-19H2,1H3,(H,28,33)(H,31,32). The van der Waals surface area contributed by atoms with E-state index >= 15 is 0 Å². The SMILES string of the molecule is CCCCCC(=O)N(S)C1(C(=O)NC(Cc2ccc(-c3ccccc3)cc2)C(=O)O)CCCC1. The maximum atomic E-state index is 13.4. The third-order valence-electron chi connectivity index (χ3n) is 6.59. The maximum absolute atomic E-state index is 13.4. The van der Waals surface area contributed by atoms with Crippen molar-refractivity contribution >= 4 is 30.6 Å². The number of rotatable bonds is 11. The molecule has 7 heteroatoms. The van der Waals surface area contributed by atoms with Crippen LogP contribution in [0.3, 0.4) is 0 Å². The maximum Gasteiger partial charge on any atom is 0.326 e. The highest BCUT2D eigenvalue weighted by Crippen LogP contribution is 2.37. The van der Waals surface area contributed by atoms with Crippen LogP contribution in [0.15, 0.2) is 54.6 Å². The molecule has 0 saturated heterocycles. The van der Waals surface area contributed by atoms with Gasteiger partial charge in [0.2, 0.25) is 11.8 Å². The monoisotopic (exact) mass is 482 g/mol. The van der Waals surface area contributed by atoms with Crippen LogP contribution in [-0.4, -0.2) is 38.8 Å². The largest absolute Gasteiger partial charge is 0.480 e. The number of carboxylic acids is 1. The molecule has 1 atom stereocenters. The average Bonchev–Trinajstić information content (AvgIpc) is 3.35. The zero-order valence-corrected chi connectivity index (χ0v) is 20.6. The highest BCUT2D eigenvalue weighted by atomic mass is 32.1. The number of unbranched alkanes of at least 4 members (excludes halogenated alkanes) is 2. The minimum absolute atomic E-state index is 0.156. The van der Waals surface area contributed by atoms with Crippen molar-refractivity contribution in [3.8, 4) is 11.1 Å². The third kappa shape index (κ3) is 6.20. The van der Waals surface area contributed by atoms with Gasteiger partial charge in [-0.1, -0.05) is 100 Å². The lowest BCUT2D eigenvalue weighted by Gasteiger charge is -2.37. The highest BCUT2D eigenvalue weighted by molar-refractivity contribution is 7.78. The molecule has 2 aromatic carbocycles. The van der Waals surface area contributed by atoms with E-state index in [0.717, 1.165) is 48.8 Å². The van der Waals surface area contributed by atoms with Gasteiger partial charge in [-0.2, -0.15) is 0 Å². The first-order valence-corrected chi connectivity index (χ1v) is 12.5. The molecule has 2 aromatic rings. The number of carbonyl (C=O) groups is 3. The predicted molar refractivity (Wildman–Crippen MR) is 136 cm³/mol. The summed E-state index contributed by atoms with van der Waals surface area (Å²) in [4.78, 5) is 38.1. The second-order valence-electron chi connectivity index (χ2n) is 9.03. The van der Waals surface area contributed by atoms with Gasteiger partial charge in [0.25, 0.3) is 0 Å². The van der Waals surface area contributed by atoms with Crippen LogP contribution < -0.4 is 5.32 Å². The number of nitrogens with one attached hydrogen (secondary N) is 1. The molecule has 34 heavy (non-hydrogen) atoms. The van der Waals surface area contributed by atoms with E-state index in [9.17, 15) is 19.5 Å². The molecule has 2 N–H and O–H groups in total. The Morgan fingerprint density at radius 1 is 1.00 bits per heavy atom. The predicted octanol–water partition coefficient (Wildman–Crippen LogP) is 5.03. The fourth-order valence-corrected chi connectivity index (χ4v) is 4.95. The van der Waals surface area contributed by atoms with Crippen LogP contribution in [0.4, 0.5) is 0 Å². The molecule has 0 aliphatic heterocycles. The summed E-state index contributed by atoms with van der Waals surface area (Å²) in [5.41, 5.74) is 1.83. The first-order chi connectivity index (χ1) is 16.4. The van der Waals surface area contributed by atoms with Crippen molar-refractivity contribution in [2.75, 3.05) is 0 Å². The second-order valence-corrected chi connectivity index (χ2v) is 9.43. The Morgan fingerprint density at radius 3 is 2.21 bits per heavy atom. The normalized spacial score (nSPS) is 15.5. The molecule has 1 unspecified atom stereocenters. The van der Waals surface area contributed by atoms with Gasteiger partial charge in [0.05, 0.1) is 0 Å². The van der Waals surface area contributed by atoms with Gasteiger partial charge in [-0.25, -0.2) is 4.79 Å². The molecule has 0 radical (unpaired) electrons. The molecular weight excluding hydrogens is 448 g/mol. The van der Waals surface area contributed by atoms with Crippen LogP contribution in [-0.2, 0) is 20.8 Å². The Morgan fingerprint density at radius 2 is 1.62 bits per heavy atom. The van der Waals surface area contributed by atoms with Crippen molar-refractivity contribution in [3.05, 3.63) is 60.2 Å². The van der Waals surface area contributed by atoms with Gasteiger partial charge in [0.1, 0.15) is 11.6 Å². The molecule has 0 bridgehead atoms. The van der Waals surface area contributed by atoms with Crippen molar-refractivity contribution in [1.29, 1.82) is 0 Å². The summed E-state index contributed by atoms with van der Waals surface area (Å²) >= 11 is 4.44. The number of thiol groups is 1. The minimum Gasteiger partial charge on any atom is -0.480 e. The Labute approximate surface area is 207 Å². The molecule has 0 spiro atoms. The summed E-state index contributed by atoms with van der Waals surface area (Å²) in [6, 6.07) is 16.5. The molecule has 1 aliphatic rings. The van der Waals surface area contributed by atoms with Gasteiger partial charge >= 0.3 is 5.97 Å². The smallest absolute Gasteiger partial charge is 0.326 e. The highest BCUT2D eigenvalue weighted by Gasteiger charge is 2.48. The zero-order chi connectivity index (χ0) is 24.6. The third-order valence-corrected chi connectivity index (χ3v) is 7.20. The van der Waals surface area contributed by atoms with Crippen molar-refractivity contribution in [2.24, 2.45) is 0 Å². The number of carbonyl (C=O) groups excluding carboxylic acids is 2. The summed E-state index contributed by atoms with van der Waals surface area (Å²) in [6.07, 6.45) is 5.75. The number of amides is 2. The molecule has 1 saturated carbocycles. The number of aliphatic carboxylic acids is 1. The summed E-state index contributed by atoms with van der Waals surface area (Å²) in [5, 5.41) is 12.5. The molecule has 182 valence electrons. The van der Waals surface area contributed by atoms with E-state index in [4.69, 9.17) is 0 Å². The van der Waals surface area contributed by atoms with Gasteiger partial charge in [0, 0.05) is 12.8 Å². The number of hydrogen-bond acceptors (Lipinski definition) is 4. The first kappa shape index (κ1) is 25.8. The van der Waals surface area contributed by atoms with Crippen LogP contribution in [0.25, 0.3) is 11.1 Å². The van der Waals surface area contributed by atoms with Crippen LogP contribution in [0.1, 0.15) is 63.9 Å². The minimum atomic E-state index is -1.10. The molecule has 1 fully saturated rings. The second kappa shape index (κ2) is 12.1. The van der Waals surface area contributed by atoms with Gasteiger partial charge < -0.3 is 10.4 Å². The topological polar surface area (TPSA) is 86.7 Å². The summed E-state index contributed by atoms with van der Waals surface area (Å²) in [6.45, 7) is 2.07. The molecule has 0 aromatic heterocycles. The quantitative estimate of drug-likeness (QED) is 0.310. The summed E-state index contributed by atoms with van der Waals surface area (Å²) in [5.74, 6) is -1.72. The van der Waals surface area contributed by atoms with E-state index in [1.54, 1.807) is 0 Å². The summed E-state index contributed by atoms with van der Waals surface area (Å²) < 4.78 is 1.28. The first-order valence-electron chi connectivity index (χ1n) is 12.1. The lowest BCUT2D eigenvalue weighted by Crippen LogP contribution is -2.59. The van der Waals surface area contributed by atoms with E-state index < -0.39 is 23.5 Å². The summed E-state index contributed by atoms with van der Waals surface area (Å²) in [7, 11) is 0. The van der Waals surface area contributed by atoms with Crippen LogP contribution >= 0.6 is 12.8 Å². The molecule has 0 heterocycles. The van der Waals surface area contributed by atoms with Gasteiger partial charge in [-0.15, -0.1) is 0 Å². The lowest BCUT2D eigenvalue weighted by atomic mass is 9.94. The fraction of sp³-hybridized carbons (Fsp3) is 0.444. The Bertz CT molecular complexity index is 972. The van der Waals surface area contributed by atoms with Gasteiger partial charge in [0.15, 0.2) is 0 Å². The van der Waals surface area contributed by atoms with Gasteiger partial charge in [-0.3, -0.25) is 13.9 Å². The molecule has 2 amide bonds. The Hall–Kier alpha value is -2.80. The van der Waals surface area contributed by atoms with Crippen LogP contribution in [0.2, 0.25) is 0 Å². The lowest BCUT2D eigenvalue weighted by molar-refractivity contribution is -0.145. The Kier molecular flexibility index (Phi) is 9.16. The van der Waals surface area contributed by atoms with Crippen molar-refractivity contribution in [1.82, 2.24) is 9.62 Å². The molecule has 1 aliphatic carbocycles. The Balaban J connectivity index is 1.70. The molecular formula is C27H34N2O4S. The molecule has 6 nitrogen and oxygen atoms in total. The number of hydrogen-bond donors (Lipinski definition) is 3. The average molecular weight is 483 g/mol. The van der Waals surface area contributed by atoms with E-state index in [1.165, 1.54) is 4.31 Å². The van der Waals surface area contributed by atoms with E-state index in [1.807, 2.05) is 54.6 Å². The number of benzene rings is 2. The zero-order valence-electron chi connectivity index (χ0n) is 19.7. The van der Waals surface area contributed by atoms with Crippen molar-refractivity contribution in [2.45, 2.75) is 76.3 Å². The van der Waals surface area contributed by atoms with Gasteiger partial charge in [-0.05, 0) is 36.0 Å². The van der Waals surface area contributed by atoms with Crippen LogP contribution in [0.5, 0.6) is 0 Å². The molecule has 3 rings (SSSR count). The van der Waals surface area contributed by atoms with Crippen molar-refractivity contribution in [3.63, 3.8) is 0 Å². The van der Waals surface area contributed by atoms with E-state index in [0.29, 0.717) is 19.3 Å². The van der Waals surface area contributed by atoms with E-state index in [2.05, 4.69) is 25.1 Å². The van der Waals surface area contributed by atoms with Crippen LogP contribution in [0, 0.1) is 0 Å². The van der Waals surface area contributed by atoms with Crippen molar-refractivity contribution < 1.29 is 19.5 Å². The fourth-order valence-electron chi connectivity index (χ4n) is 4.56.